The van der Waals surface area contributed by atoms with Gasteiger partial charge in [-0.3, -0.25) is 0 Å². The van der Waals surface area contributed by atoms with Crippen LogP contribution in [0.5, 0.6) is 0 Å². The van der Waals surface area contributed by atoms with Crippen molar-refractivity contribution < 1.29 is 12.8 Å². The smallest absolute Gasteiger partial charge is 0.274 e. The fraction of sp³-hybridized carbons (Fsp3) is 0.583. The van der Waals surface area contributed by atoms with Crippen molar-refractivity contribution in [2.45, 2.75) is 43.7 Å². The molecule has 6 heteroatoms. The molecule has 0 amide bonds. The molecule has 1 aliphatic rings. The van der Waals surface area contributed by atoms with E-state index < -0.39 is 10.0 Å². The van der Waals surface area contributed by atoms with Crippen molar-refractivity contribution in [2.24, 2.45) is 5.92 Å². The Kier molecular flexibility index (Phi) is 3.73. The molecule has 18 heavy (non-hydrogen) atoms. The summed E-state index contributed by atoms with van der Waals surface area (Å²) in [5.74, 6) is 0.639. The van der Waals surface area contributed by atoms with Crippen LogP contribution in [0, 0.1) is 24.2 Å². The van der Waals surface area contributed by atoms with Gasteiger partial charge in [0.2, 0.25) is 5.09 Å². The van der Waals surface area contributed by atoms with E-state index in [1.54, 1.807) is 13.0 Å². The quantitative estimate of drug-likeness (QED) is 0.908. The number of nitrogens with zero attached hydrogens (tertiary/aromatic N) is 1. The highest BCUT2D eigenvalue weighted by Crippen LogP contribution is 2.25. The molecule has 1 aromatic rings. The number of sulfonamides is 1. The number of aryl methyl sites for hydroxylation is 1. The molecule has 1 aliphatic carbocycles. The van der Waals surface area contributed by atoms with Gasteiger partial charge in [-0.05, 0) is 44.7 Å². The van der Waals surface area contributed by atoms with Gasteiger partial charge in [-0.15, -0.1) is 0 Å². The molecule has 1 heterocycles. The Bertz CT molecular complexity index is 548. The molecule has 0 aliphatic heterocycles. The van der Waals surface area contributed by atoms with Gasteiger partial charge in [-0.1, -0.05) is 0 Å². The summed E-state index contributed by atoms with van der Waals surface area (Å²) in [5, 5.41) is 8.75. The van der Waals surface area contributed by atoms with E-state index in [4.69, 9.17) is 9.68 Å². The summed E-state index contributed by atoms with van der Waals surface area (Å²) >= 11 is 0. The lowest BCUT2D eigenvalue weighted by atomic mass is 9.88. The average molecular weight is 268 g/mol. The molecule has 1 fully saturated rings. The predicted molar refractivity (Wildman–Crippen MR) is 65.1 cm³/mol. The maximum absolute atomic E-state index is 12.0. The van der Waals surface area contributed by atoms with Gasteiger partial charge in [0.15, 0.2) is 0 Å². The van der Waals surface area contributed by atoms with Crippen molar-refractivity contribution in [3.8, 4) is 6.07 Å². The number of rotatable bonds is 3. The van der Waals surface area contributed by atoms with Crippen molar-refractivity contribution >= 4 is 10.0 Å². The normalized spacial score (nSPS) is 24.7. The van der Waals surface area contributed by atoms with E-state index >= 15 is 0 Å². The van der Waals surface area contributed by atoms with E-state index in [2.05, 4.69) is 10.8 Å². The second-order valence-electron chi connectivity index (χ2n) is 4.66. The van der Waals surface area contributed by atoms with Crippen LogP contribution in [-0.4, -0.2) is 14.5 Å². The number of hydrogen-bond donors (Lipinski definition) is 1. The lowest BCUT2D eigenvalue weighted by Crippen LogP contribution is -2.37. The van der Waals surface area contributed by atoms with E-state index in [1.165, 1.54) is 6.07 Å². The molecule has 0 bridgehead atoms. The van der Waals surface area contributed by atoms with E-state index in [0.29, 0.717) is 18.6 Å². The van der Waals surface area contributed by atoms with Crippen LogP contribution in [-0.2, 0) is 10.0 Å². The largest absolute Gasteiger partial charge is 0.449 e. The van der Waals surface area contributed by atoms with Gasteiger partial charge >= 0.3 is 0 Å². The first kappa shape index (κ1) is 13.1. The molecule has 5 nitrogen and oxygen atoms in total. The molecule has 1 saturated carbocycles. The summed E-state index contributed by atoms with van der Waals surface area (Å²) in [6.45, 7) is 1.71. The number of hydrogen-bond acceptors (Lipinski definition) is 4. The van der Waals surface area contributed by atoms with Gasteiger partial charge in [-0.25, -0.2) is 13.1 Å². The van der Waals surface area contributed by atoms with Crippen molar-refractivity contribution in [1.82, 2.24) is 4.72 Å². The molecule has 2 rings (SSSR count). The van der Waals surface area contributed by atoms with E-state index in [-0.39, 0.29) is 17.1 Å². The third-order valence-electron chi connectivity index (χ3n) is 3.21. The number of nitriles is 1. The molecule has 0 radical (unpaired) electrons. The molecule has 0 atom stereocenters. The highest BCUT2D eigenvalue weighted by atomic mass is 32.2. The highest BCUT2D eigenvalue weighted by molar-refractivity contribution is 7.89. The van der Waals surface area contributed by atoms with Crippen LogP contribution in [0.2, 0.25) is 0 Å². The number of furan rings is 1. The van der Waals surface area contributed by atoms with Gasteiger partial charge < -0.3 is 4.42 Å². The van der Waals surface area contributed by atoms with Gasteiger partial charge in [0.25, 0.3) is 10.0 Å². The summed E-state index contributed by atoms with van der Waals surface area (Å²) in [6.07, 6.45) is 2.91. The van der Waals surface area contributed by atoms with Gasteiger partial charge in [0, 0.05) is 12.0 Å². The Hall–Kier alpha value is -1.32. The zero-order chi connectivity index (χ0) is 13.2. The Labute approximate surface area is 107 Å². The van der Waals surface area contributed by atoms with Crippen LogP contribution in [0.1, 0.15) is 31.4 Å². The Morgan fingerprint density at radius 2 is 2.00 bits per heavy atom. The minimum Gasteiger partial charge on any atom is -0.449 e. The molecule has 0 spiro atoms. The molecule has 1 aromatic heterocycles. The van der Waals surface area contributed by atoms with E-state index in [1.807, 2.05) is 0 Å². The molecule has 0 saturated heterocycles. The molecule has 0 unspecified atom stereocenters. The van der Waals surface area contributed by atoms with Crippen LogP contribution < -0.4 is 4.72 Å². The Morgan fingerprint density at radius 3 is 2.50 bits per heavy atom. The molecule has 1 N–H and O–H groups in total. The first-order chi connectivity index (χ1) is 8.51. The van der Waals surface area contributed by atoms with Crippen molar-refractivity contribution in [3.05, 3.63) is 17.9 Å². The van der Waals surface area contributed by atoms with E-state index in [0.717, 1.165) is 12.8 Å². The van der Waals surface area contributed by atoms with Crippen molar-refractivity contribution in [3.63, 3.8) is 0 Å². The standard InChI is InChI=1S/C12H16N2O3S/c1-9-2-7-12(17-9)18(15,16)14-11-5-3-10(8-13)4-6-11/h2,7,10-11,14H,3-6H2,1H3. The second-order valence-corrected chi connectivity index (χ2v) is 6.31. The predicted octanol–water partition coefficient (Wildman–Crippen LogP) is 1.95. The molecule has 0 aromatic carbocycles. The van der Waals surface area contributed by atoms with Gasteiger partial charge in [0.05, 0.1) is 6.07 Å². The zero-order valence-corrected chi connectivity index (χ0v) is 11.0. The first-order valence-electron chi connectivity index (χ1n) is 5.99. The molecule has 98 valence electrons. The summed E-state index contributed by atoms with van der Waals surface area (Å²) in [5.41, 5.74) is 0. The number of nitrogens with one attached hydrogen (secondary N) is 1. The third-order valence-corrected chi connectivity index (χ3v) is 4.60. The van der Waals surface area contributed by atoms with Crippen LogP contribution in [0.25, 0.3) is 0 Å². The summed E-state index contributed by atoms with van der Waals surface area (Å²) < 4.78 is 31.8. The summed E-state index contributed by atoms with van der Waals surface area (Å²) in [7, 11) is -3.56. The summed E-state index contributed by atoms with van der Waals surface area (Å²) in [4.78, 5) is 0. The van der Waals surface area contributed by atoms with Crippen LogP contribution in [0.15, 0.2) is 21.6 Å². The topological polar surface area (TPSA) is 83.1 Å². The molecular formula is C12H16N2O3S. The van der Waals surface area contributed by atoms with E-state index in [9.17, 15) is 8.42 Å². The monoisotopic (exact) mass is 268 g/mol. The average Bonchev–Trinajstić information content (AvgIpc) is 2.77. The third kappa shape index (κ3) is 2.92. The van der Waals surface area contributed by atoms with Crippen LogP contribution in [0.4, 0.5) is 0 Å². The summed E-state index contributed by atoms with van der Waals surface area (Å²) in [6, 6.07) is 5.22. The Balaban J connectivity index is 2.00. The maximum Gasteiger partial charge on any atom is 0.274 e. The van der Waals surface area contributed by atoms with Crippen molar-refractivity contribution in [1.29, 1.82) is 5.26 Å². The Morgan fingerprint density at radius 1 is 1.33 bits per heavy atom. The van der Waals surface area contributed by atoms with Crippen molar-refractivity contribution in [2.75, 3.05) is 0 Å². The second kappa shape index (κ2) is 5.12. The SMILES string of the molecule is Cc1ccc(S(=O)(=O)NC2CCC(C#N)CC2)o1. The van der Waals surface area contributed by atoms with Crippen LogP contribution >= 0.6 is 0 Å². The minimum absolute atomic E-state index is 0.0394. The fourth-order valence-corrected chi connectivity index (χ4v) is 3.45. The fourth-order valence-electron chi connectivity index (χ4n) is 2.17. The lowest BCUT2D eigenvalue weighted by Gasteiger charge is -2.24. The molecular weight excluding hydrogens is 252 g/mol. The zero-order valence-electron chi connectivity index (χ0n) is 10.2. The first-order valence-corrected chi connectivity index (χ1v) is 7.48. The minimum atomic E-state index is -3.56. The highest BCUT2D eigenvalue weighted by Gasteiger charge is 2.27. The maximum atomic E-state index is 12.0. The van der Waals surface area contributed by atoms with Gasteiger partial charge in [0.1, 0.15) is 5.76 Å². The van der Waals surface area contributed by atoms with Gasteiger partial charge in [-0.2, -0.15) is 5.26 Å². The lowest BCUT2D eigenvalue weighted by molar-refractivity contribution is 0.356. The van der Waals surface area contributed by atoms with Crippen LogP contribution in [0.3, 0.4) is 0 Å².